The Bertz CT molecular complexity index is 188. The van der Waals surface area contributed by atoms with Gasteiger partial charge in [0.05, 0.1) is 0 Å². The SMILES string of the molecule is C=C\C(=C/N=C\N=C\C)CC. The molecule has 0 saturated carbocycles. The summed E-state index contributed by atoms with van der Waals surface area (Å²) in [5, 5.41) is 0. The van der Waals surface area contributed by atoms with Crippen LogP contribution in [0, 0.1) is 0 Å². The lowest BCUT2D eigenvalue weighted by Gasteiger charge is -1.89. The van der Waals surface area contributed by atoms with Crippen LogP contribution in [0.15, 0.2) is 34.4 Å². The van der Waals surface area contributed by atoms with E-state index in [0.29, 0.717) is 0 Å². The van der Waals surface area contributed by atoms with Crippen molar-refractivity contribution in [1.82, 2.24) is 0 Å². The van der Waals surface area contributed by atoms with Gasteiger partial charge >= 0.3 is 0 Å². The second kappa shape index (κ2) is 6.93. The summed E-state index contributed by atoms with van der Waals surface area (Å²) in [4.78, 5) is 7.76. The molecule has 0 aromatic carbocycles. The number of hydrogen-bond acceptors (Lipinski definition) is 1. The summed E-state index contributed by atoms with van der Waals surface area (Å²) in [6, 6.07) is 0. The van der Waals surface area contributed by atoms with Crippen LogP contribution in [0.1, 0.15) is 20.3 Å². The first-order valence-corrected chi connectivity index (χ1v) is 3.66. The highest BCUT2D eigenvalue weighted by Gasteiger charge is 1.81. The summed E-state index contributed by atoms with van der Waals surface area (Å²) in [5.41, 5.74) is 1.12. The van der Waals surface area contributed by atoms with Crippen LogP contribution < -0.4 is 0 Å². The minimum atomic E-state index is 0.955. The van der Waals surface area contributed by atoms with E-state index < -0.39 is 0 Å². The Balaban J connectivity index is 3.97. The topological polar surface area (TPSA) is 24.7 Å². The predicted octanol–water partition coefficient (Wildman–Crippen LogP) is 2.59. The maximum atomic E-state index is 3.95. The van der Waals surface area contributed by atoms with Crippen molar-refractivity contribution in [2.24, 2.45) is 9.98 Å². The molecule has 0 aromatic heterocycles. The fourth-order valence-corrected chi connectivity index (χ4v) is 0.523. The van der Waals surface area contributed by atoms with Crippen molar-refractivity contribution in [3.05, 3.63) is 24.4 Å². The average Bonchev–Trinajstić information content (AvgIpc) is 2.05. The molecule has 0 aliphatic carbocycles. The Morgan fingerprint density at radius 1 is 1.45 bits per heavy atom. The molecule has 2 nitrogen and oxygen atoms in total. The van der Waals surface area contributed by atoms with Crippen LogP contribution in [0.2, 0.25) is 0 Å². The van der Waals surface area contributed by atoms with Crippen molar-refractivity contribution >= 4 is 12.6 Å². The summed E-state index contributed by atoms with van der Waals surface area (Å²) in [5.74, 6) is 0. The van der Waals surface area contributed by atoms with Crippen molar-refractivity contribution in [3.8, 4) is 0 Å². The third-order valence-corrected chi connectivity index (χ3v) is 1.19. The zero-order valence-electron chi connectivity index (χ0n) is 7.12. The third kappa shape index (κ3) is 5.27. The lowest BCUT2D eigenvalue weighted by atomic mass is 10.2. The highest BCUT2D eigenvalue weighted by molar-refractivity contribution is 5.70. The first-order valence-electron chi connectivity index (χ1n) is 3.66. The summed E-state index contributed by atoms with van der Waals surface area (Å²) in [6.07, 6.45) is 7.72. The molecule has 2 heteroatoms. The molecular formula is C9H14N2. The van der Waals surface area contributed by atoms with E-state index in [1.807, 2.05) is 6.92 Å². The predicted molar refractivity (Wildman–Crippen MR) is 51.2 cm³/mol. The molecule has 11 heavy (non-hydrogen) atoms. The molecule has 0 radical (unpaired) electrons. The molecule has 0 bridgehead atoms. The number of allylic oxidation sites excluding steroid dienone is 2. The van der Waals surface area contributed by atoms with Gasteiger partial charge < -0.3 is 0 Å². The van der Waals surface area contributed by atoms with E-state index in [9.17, 15) is 0 Å². The normalized spacial score (nSPS) is 13.1. The van der Waals surface area contributed by atoms with Crippen LogP contribution in [0.5, 0.6) is 0 Å². The van der Waals surface area contributed by atoms with Crippen molar-refractivity contribution in [2.75, 3.05) is 0 Å². The standard InChI is InChI=1S/C9H14N2/c1-4-9(5-2)7-11-8-10-6-3/h4,6-8H,1,5H2,2-3H3/b9-7+,10-6+,11-8-. The van der Waals surface area contributed by atoms with Crippen LogP contribution in [-0.2, 0) is 0 Å². The number of rotatable bonds is 4. The van der Waals surface area contributed by atoms with E-state index in [1.54, 1.807) is 18.5 Å². The molecule has 0 aliphatic heterocycles. The maximum absolute atomic E-state index is 3.95. The second-order valence-corrected chi connectivity index (χ2v) is 1.93. The van der Waals surface area contributed by atoms with Gasteiger partial charge in [-0.25, -0.2) is 9.98 Å². The lowest BCUT2D eigenvalue weighted by Crippen LogP contribution is -1.71. The molecule has 60 valence electrons. The summed E-state index contributed by atoms with van der Waals surface area (Å²) in [7, 11) is 0. The van der Waals surface area contributed by atoms with E-state index in [2.05, 4.69) is 23.5 Å². The fraction of sp³-hybridized carbons (Fsp3) is 0.333. The van der Waals surface area contributed by atoms with Gasteiger partial charge in [0.25, 0.3) is 0 Å². The molecule has 0 aromatic rings. The van der Waals surface area contributed by atoms with Crippen molar-refractivity contribution in [3.63, 3.8) is 0 Å². The lowest BCUT2D eigenvalue weighted by molar-refractivity contribution is 1.14. The summed E-state index contributed by atoms with van der Waals surface area (Å²) in [6.45, 7) is 7.56. The maximum Gasteiger partial charge on any atom is 0.114 e. The van der Waals surface area contributed by atoms with Gasteiger partial charge in [0, 0.05) is 12.4 Å². The van der Waals surface area contributed by atoms with Gasteiger partial charge in [-0.2, -0.15) is 0 Å². The fourth-order valence-electron chi connectivity index (χ4n) is 0.523. The molecule has 0 aliphatic rings. The molecule has 0 atom stereocenters. The van der Waals surface area contributed by atoms with E-state index in [4.69, 9.17) is 0 Å². The second-order valence-electron chi connectivity index (χ2n) is 1.93. The van der Waals surface area contributed by atoms with Gasteiger partial charge in [-0.05, 0) is 18.9 Å². The Hall–Kier alpha value is -1.18. The Morgan fingerprint density at radius 2 is 2.18 bits per heavy atom. The van der Waals surface area contributed by atoms with Crippen LogP contribution in [0.4, 0.5) is 0 Å². The largest absolute Gasteiger partial charge is 0.250 e. The molecule has 0 amide bonds. The van der Waals surface area contributed by atoms with Gasteiger partial charge in [0.1, 0.15) is 6.34 Å². The summed E-state index contributed by atoms with van der Waals surface area (Å²) < 4.78 is 0. The first kappa shape index (κ1) is 9.82. The Morgan fingerprint density at radius 3 is 2.64 bits per heavy atom. The van der Waals surface area contributed by atoms with Crippen LogP contribution >= 0.6 is 0 Å². The minimum absolute atomic E-state index is 0.955. The minimum Gasteiger partial charge on any atom is -0.250 e. The smallest absolute Gasteiger partial charge is 0.114 e. The molecule has 0 unspecified atom stereocenters. The zero-order valence-corrected chi connectivity index (χ0v) is 7.12. The van der Waals surface area contributed by atoms with Gasteiger partial charge in [0.2, 0.25) is 0 Å². The first-order chi connectivity index (χ1) is 5.35. The average molecular weight is 150 g/mol. The van der Waals surface area contributed by atoms with E-state index in [0.717, 1.165) is 12.0 Å². The Labute approximate surface area is 68.1 Å². The van der Waals surface area contributed by atoms with Crippen molar-refractivity contribution in [2.45, 2.75) is 20.3 Å². The van der Waals surface area contributed by atoms with E-state index in [-0.39, 0.29) is 0 Å². The van der Waals surface area contributed by atoms with Crippen molar-refractivity contribution < 1.29 is 0 Å². The Kier molecular flexibility index (Phi) is 6.19. The molecule has 0 rings (SSSR count). The number of hydrogen-bond donors (Lipinski definition) is 0. The third-order valence-electron chi connectivity index (χ3n) is 1.19. The van der Waals surface area contributed by atoms with Gasteiger partial charge in [-0.3, -0.25) is 0 Å². The molecule has 0 saturated heterocycles. The highest BCUT2D eigenvalue weighted by Crippen LogP contribution is 1.99. The number of nitrogens with zero attached hydrogens (tertiary/aromatic N) is 2. The quantitative estimate of drug-likeness (QED) is 0.334. The van der Waals surface area contributed by atoms with Crippen molar-refractivity contribution in [1.29, 1.82) is 0 Å². The molecule has 0 fully saturated rings. The van der Waals surface area contributed by atoms with Crippen LogP contribution in [0.25, 0.3) is 0 Å². The van der Waals surface area contributed by atoms with Gasteiger partial charge in [-0.1, -0.05) is 19.6 Å². The summed E-state index contributed by atoms with van der Waals surface area (Å²) >= 11 is 0. The van der Waals surface area contributed by atoms with Gasteiger partial charge in [-0.15, -0.1) is 0 Å². The number of aliphatic imine (C=N–C) groups is 2. The molecule has 0 heterocycles. The monoisotopic (exact) mass is 150 g/mol. The molecule has 0 spiro atoms. The van der Waals surface area contributed by atoms with Gasteiger partial charge in [0.15, 0.2) is 0 Å². The van der Waals surface area contributed by atoms with E-state index in [1.165, 1.54) is 6.34 Å². The molecular weight excluding hydrogens is 136 g/mol. The van der Waals surface area contributed by atoms with E-state index >= 15 is 0 Å². The van der Waals surface area contributed by atoms with Crippen LogP contribution in [-0.4, -0.2) is 12.6 Å². The zero-order chi connectivity index (χ0) is 8.53. The van der Waals surface area contributed by atoms with Crippen LogP contribution in [0.3, 0.4) is 0 Å². The molecule has 0 N–H and O–H groups in total. The highest BCUT2D eigenvalue weighted by atomic mass is 14.8.